The first kappa shape index (κ1) is 25.3. The number of amides is 1. The highest BCUT2D eigenvalue weighted by Crippen LogP contribution is 2.16. The van der Waals surface area contributed by atoms with Crippen LogP contribution in [0.3, 0.4) is 0 Å². The van der Waals surface area contributed by atoms with Gasteiger partial charge in [-0.05, 0) is 38.5 Å². The van der Waals surface area contributed by atoms with Crippen LogP contribution in [0.5, 0.6) is 5.75 Å². The maximum Gasteiger partial charge on any atom is 0.387 e. The van der Waals surface area contributed by atoms with Crippen molar-refractivity contribution in [2.75, 3.05) is 26.2 Å². The van der Waals surface area contributed by atoms with E-state index >= 15 is 0 Å². The molecule has 0 saturated heterocycles. The van der Waals surface area contributed by atoms with Gasteiger partial charge < -0.3 is 20.3 Å². The summed E-state index contributed by atoms with van der Waals surface area (Å²) in [6, 6.07) is 6.44. The van der Waals surface area contributed by atoms with Crippen molar-refractivity contribution >= 4 is 35.8 Å². The van der Waals surface area contributed by atoms with Crippen molar-refractivity contribution in [1.29, 1.82) is 0 Å². The summed E-state index contributed by atoms with van der Waals surface area (Å²) in [6.45, 7) is 5.82. The van der Waals surface area contributed by atoms with Gasteiger partial charge in [0.1, 0.15) is 5.75 Å². The Labute approximate surface area is 176 Å². The molecule has 1 rings (SSSR count). The summed E-state index contributed by atoms with van der Waals surface area (Å²) in [4.78, 5) is 18.2. The van der Waals surface area contributed by atoms with Gasteiger partial charge in [0.25, 0.3) is 0 Å². The zero-order chi connectivity index (χ0) is 19.4. The molecule has 1 amide bonds. The van der Waals surface area contributed by atoms with Crippen molar-refractivity contribution in [3.8, 4) is 5.75 Å². The molecular weight excluding hydrogens is 469 g/mol. The normalized spacial score (nSPS) is 11.0. The van der Waals surface area contributed by atoms with Crippen molar-refractivity contribution in [2.45, 2.75) is 40.3 Å². The summed E-state index contributed by atoms with van der Waals surface area (Å²) in [6.07, 6.45) is 0.379. The molecule has 27 heavy (non-hydrogen) atoms. The van der Waals surface area contributed by atoms with Gasteiger partial charge in [-0.1, -0.05) is 12.1 Å². The number of halogens is 3. The molecule has 1 aromatic rings. The minimum Gasteiger partial charge on any atom is -0.435 e. The van der Waals surface area contributed by atoms with E-state index in [2.05, 4.69) is 20.4 Å². The van der Waals surface area contributed by atoms with Crippen molar-refractivity contribution in [2.24, 2.45) is 4.99 Å². The van der Waals surface area contributed by atoms with E-state index in [1.54, 1.807) is 17.0 Å². The first-order valence-electron chi connectivity index (χ1n) is 8.83. The number of benzene rings is 1. The second-order valence-electron chi connectivity index (χ2n) is 5.46. The Bertz CT molecular complexity index is 584. The number of aliphatic imine (C=N–C) groups is 1. The molecule has 0 aromatic heterocycles. The number of rotatable bonds is 10. The van der Waals surface area contributed by atoms with E-state index in [9.17, 15) is 13.6 Å². The molecule has 9 heteroatoms. The number of carbonyl (C=O) groups is 1. The number of nitrogens with zero attached hydrogens (tertiary/aromatic N) is 2. The summed E-state index contributed by atoms with van der Waals surface area (Å²) in [5.74, 6) is 0.769. The third-order valence-electron chi connectivity index (χ3n) is 3.64. The lowest BCUT2D eigenvalue weighted by Gasteiger charge is -2.19. The summed E-state index contributed by atoms with van der Waals surface area (Å²) in [5.41, 5.74) is 0.750. The number of guanidine groups is 1. The fourth-order valence-corrected chi connectivity index (χ4v) is 2.35. The maximum absolute atomic E-state index is 12.3. The molecule has 0 radical (unpaired) electrons. The van der Waals surface area contributed by atoms with Crippen molar-refractivity contribution < 1.29 is 18.3 Å². The number of alkyl halides is 2. The fourth-order valence-electron chi connectivity index (χ4n) is 2.35. The van der Waals surface area contributed by atoms with Crippen LogP contribution < -0.4 is 15.4 Å². The highest BCUT2D eigenvalue weighted by molar-refractivity contribution is 14.0. The van der Waals surface area contributed by atoms with Crippen LogP contribution in [0.15, 0.2) is 29.3 Å². The van der Waals surface area contributed by atoms with Crippen molar-refractivity contribution in [1.82, 2.24) is 15.5 Å². The predicted octanol–water partition coefficient (Wildman–Crippen LogP) is 3.22. The van der Waals surface area contributed by atoms with Gasteiger partial charge in [0.15, 0.2) is 5.96 Å². The van der Waals surface area contributed by atoms with Gasteiger partial charge in [-0.15, -0.1) is 24.0 Å². The maximum atomic E-state index is 12.3. The Hall–Kier alpha value is -1.65. The molecular formula is C18H29F2IN4O2. The molecule has 154 valence electrons. The lowest BCUT2D eigenvalue weighted by molar-refractivity contribution is -0.130. The third kappa shape index (κ3) is 10.3. The molecule has 0 saturated carbocycles. The molecule has 0 bridgehead atoms. The predicted molar refractivity (Wildman–Crippen MR) is 114 cm³/mol. The lowest BCUT2D eigenvalue weighted by atomic mass is 10.2. The monoisotopic (exact) mass is 498 g/mol. The first-order chi connectivity index (χ1) is 12.5. The van der Waals surface area contributed by atoms with Crippen LogP contribution in [0.1, 0.15) is 32.8 Å². The largest absolute Gasteiger partial charge is 0.435 e. The standard InChI is InChI=1S/C18H28F2N4O2.HI/c1-4-21-18(22-11-10-16(25)24(5-2)6-3)23-13-14-8-7-9-15(12-14)26-17(19)20;/h7-9,12,17H,4-6,10-11,13H2,1-3H3,(H2,21,22,23);1H. The van der Waals surface area contributed by atoms with E-state index < -0.39 is 6.61 Å². The number of hydrogen-bond acceptors (Lipinski definition) is 3. The van der Waals surface area contributed by atoms with Gasteiger partial charge in [0.2, 0.25) is 5.91 Å². The van der Waals surface area contributed by atoms with E-state index in [0.717, 1.165) is 5.56 Å². The van der Waals surface area contributed by atoms with Gasteiger partial charge in [-0.25, -0.2) is 4.99 Å². The average Bonchev–Trinajstić information content (AvgIpc) is 2.60. The molecule has 0 aliphatic rings. The van der Waals surface area contributed by atoms with E-state index in [1.165, 1.54) is 12.1 Å². The third-order valence-corrected chi connectivity index (χ3v) is 3.64. The second-order valence-corrected chi connectivity index (χ2v) is 5.46. The number of carbonyl (C=O) groups excluding carboxylic acids is 1. The van der Waals surface area contributed by atoms with E-state index in [-0.39, 0.29) is 35.6 Å². The number of hydrogen-bond donors (Lipinski definition) is 2. The lowest BCUT2D eigenvalue weighted by Crippen LogP contribution is -2.40. The van der Waals surface area contributed by atoms with Crippen LogP contribution in [0.2, 0.25) is 0 Å². The smallest absolute Gasteiger partial charge is 0.387 e. The number of ether oxygens (including phenoxy) is 1. The van der Waals surface area contributed by atoms with Gasteiger partial charge in [0.05, 0.1) is 6.54 Å². The van der Waals surface area contributed by atoms with Crippen LogP contribution in [0, 0.1) is 0 Å². The molecule has 0 atom stereocenters. The van der Waals surface area contributed by atoms with E-state index in [1.807, 2.05) is 20.8 Å². The van der Waals surface area contributed by atoms with Crippen LogP contribution in [0.25, 0.3) is 0 Å². The fraction of sp³-hybridized carbons (Fsp3) is 0.556. The van der Waals surface area contributed by atoms with Crippen molar-refractivity contribution in [3.63, 3.8) is 0 Å². The van der Waals surface area contributed by atoms with Gasteiger partial charge in [-0.2, -0.15) is 8.78 Å². The van der Waals surface area contributed by atoms with Crippen LogP contribution in [0.4, 0.5) is 8.78 Å². The number of nitrogens with one attached hydrogen (secondary N) is 2. The zero-order valence-electron chi connectivity index (χ0n) is 16.0. The van der Waals surface area contributed by atoms with Gasteiger partial charge >= 0.3 is 6.61 Å². The molecule has 1 aromatic carbocycles. The Morgan fingerprint density at radius 3 is 2.52 bits per heavy atom. The molecule has 2 N–H and O–H groups in total. The molecule has 0 fully saturated rings. The van der Waals surface area contributed by atoms with Gasteiger partial charge in [-0.3, -0.25) is 4.79 Å². The minimum absolute atomic E-state index is 0. The Kier molecular flexibility index (Phi) is 13.5. The first-order valence-corrected chi connectivity index (χ1v) is 8.83. The van der Waals surface area contributed by atoms with Crippen molar-refractivity contribution in [3.05, 3.63) is 29.8 Å². The molecule has 0 spiro atoms. The van der Waals surface area contributed by atoms with E-state index in [4.69, 9.17) is 0 Å². The van der Waals surface area contributed by atoms with Gasteiger partial charge in [0, 0.05) is 32.6 Å². The topological polar surface area (TPSA) is 66.0 Å². The summed E-state index contributed by atoms with van der Waals surface area (Å²) in [5, 5.41) is 6.21. The second kappa shape index (κ2) is 14.4. The highest BCUT2D eigenvalue weighted by Gasteiger charge is 2.09. The minimum atomic E-state index is -2.85. The summed E-state index contributed by atoms with van der Waals surface area (Å²) in [7, 11) is 0. The quantitative estimate of drug-likeness (QED) is 0.296. The summed E-state index contributed by atoms with van der Waals surface area (Å²) >= 11 is 0. The summed E-state index contributed by atoms with van der Waals surface area (Å²) < 4.78 is 28.9. The average molecular weight is 498 g/mol. The molecule has 0 aliphatic heterocycles. The molecule has 0 aliphatic carbocycles. The Morgan fingerprint density at radius 1 is 1.22 bits per heavy atom. The zero-order valence-corrected chi connectivity index (χ0v) is 18.3. The SMILES string of the molecule is CCNC(=NCc1cccc(OC(F)F)c1)NCCC(=O)N(CC)CC.I. The Balaban J connectivity index is 0.00000676. The van der Waals surface area contributed by atoms with Crippen LogP contribution in [-0.2, 0) is 11.3 Å². The van der Waals surface area contributed by atoms with E-state index in [0.29, 0.717) is 45.1 Å². The van der Waals surface area contributed by atoms with Crippen LogP contribution >= 0.6 is 24.0 Å². The van der Waals surface area contributed by atoms with Crippen LogP contribution in [-0.4, -0.2) is 49.6 Å². The highest BCUT2D eigenvalue weighted by atomic mass is 127. The molecule has 0 heterocycles. The molecule has 6 nitrogen and oxygen atoms in total. The Morgan fingerprint density at radius 2 is 1.93 bits per heavy atom. The molecule has 0 unspecified atom stereocenters.